The molecule has 0 bridgehead atoms. The molecule has 1 aliphatic heterocycles. The Hall–Kier alpha value is -1.11. The van der Waals surface area contributed by atoms with E-state index in [1.165, 1.54) is 7.11 Å². The summed E-state index contributed by atoms with van der Waals surface area (Å²) in [7, 11) is -1.77. The van der Waals surface area contributed by atoms with Crippen LogP contribution in [0.3, 0.4) is 0 Å². The zero-order valence-corrected chi connectivity index (χ0v) is 12.7. The van der Waals surface area contributed by atoms with E-state index in [2.05, 4.69) is 5.32 Å². The number of benzene rings is 1. The molecule has 0 spiro atoms. The summed E-state index contributed by atoms with van der Waals surface area (Å²) in [5.41, 5.74) is 0.909. The fourth-order valence-corrected chi connectivity index (χ4v) is 4.10. The first kappa shape index (κ1) is 15.3. The van der Waals surface area contributed by atoms with Crippen LogP contribution < -0.4 is 10.1 Å². The number of para-hydroxylation sites is 1. The van der Waals surface area contributed by atoms with Gasteiger partial charge in [-0.2, -0.15) is 0 Å². The first-order valence-corrected chi connectivity index (χ1v) is 8.47. The normalized spacial score (nSPS) is 22.1. The molecule has 1 aliphatic rings. The lowest BCUT2D eigenvalue weighted by molar-refractivity contribution is 0.215. The molecule has 2 atom stereocenters. The molecule has 20 heavy (non-hydrogen) atoms. The third-order valence-electron chi connectivity index (χ3n) is 3.49. The van der Waals surface area contributed by atoms with Crippen LogP contribution >= 0.6 is 0 Å². The van der Waals surface area contributed by atoms with Gasteiger partial charge in [-0.3, -0.25) is 0 Å². The third-order valence-corrected chi connectivity index (χ3v) is 5.55. The van der Waals surface area contributed by atoms with Crippen molar-refractivity contribution in [2.75, 3.05) is 32.6 Å². The second-order valence-corrected chi connectivity index (χ2v) is 7.12. The summed E-state index contributed by atoms with van der Waals surface area (Å²) in [5, 5.41) is 2.70. The molecule has 0 radical (unpaired) electrons. The summed E-state index contributed by atoms with van der Waals surface area (Å²) >= 11 is 0. The number of ether oxygens (including phenoxy) is 2. The number of sulfone groups is 1. The second-order valence-electron chi connectivity index (χ2n) is 4.78. The molecule has 1 heterocycles. The van der Waals surface area contributed by atoms with E-state index < -0.39 is 15.1 Å². The van der Waals surface area contributed by atoms with E-state index in [0.717, 1.165) is 11.3 Å². The van der Waals surface area contributed by atoms with Gasteiger partial charge < -0.3 is 14.8 Å². The van der Waals surface area contributed by atoms with E-state index in [9.17, 15) is 8.42 Å². The van der Waals surface area contributed by atoms with Gasteiger partial charge in [-0.15, -0.1) is 0 Å². The number of hydrogen-bond acceptors (Lipinski definition) is 5. The van der Waals surface area contributed by atoms with Crippen LogP contribution in [0.4, 0.5) is 0 Å². The lowest BCUT2D eigenvalue weighted by Crippen LogP contribution is -2.45. The van der Waals surface area contributed by atoms with Crippen molar-refractivity contribution in [1.29, 1.82) is 0 Å². The summed E-state index contributed by atoms with van der Waals surface area (Å²) in [4.78, 5) is 0. The van der Waals surface area contributed by atoms with Crippen molar-refractivity contribution in [1.82, 2.24) is 5.32 Å². The fourth-order valence-electron chi connectivity index (χ4n) is 2.46. The highest BCUT2D eigenvalue weighted by Crippen LogP contribution is 2.35. The Morgan fingerprint density at radius 2 is 2.15 bits per heavy atom. The van der Waals surface area contributed by atoms with E-state index in [1.54, 1.807) is 0 Å². The Morgan fingerprint density at radius 1 is 1.40 bits per heavy atom. The Kier molecular flexibility index (Phi) is 5.01. The molecule has 112 valence electrons. The average Bonchev–Trinajstić information content (AvgIpc) is 2.45. The molecule has 0 saturated carbocycles. The summed E-state index contributed by atoms with van der Waals surface area (Å²) < 4.78 is 35.4. The first-order chi connectivity index (χ1) is 9.60. The van der Waals surface area contributed by atoms with Crippen molar-refractivity contribution >= 4 is 9.84 Å². The molecule has 1 aromatic rings. The van der Waals surface area contributed by atoms with Crippen LogP contribution in [0.2, 0.25) is 0 Å². The van der Waals surface area contributed by atoms with Gasteiger partial charge >= 0.3 is 0 Å². The quantitative estimate of drug-likeness (QED) is 0.854. The molecular weight excluding hydrogens is 278 g/mol. The number of fused-ring (bicyclic) bond motifs is 1. The minimum Gasteiger partial charge on any atom is -0.492 e. The Labute approximate surface area is 120 Å². The van der Waals surface area contributed by atoms with Gasteiger partial charge in [0.2, 0.25) is 0 Å². The monoisotopic (exact) mass is 299 g/mol. The standard InChI is InChI=1S/C14H21NO4S/c1-3-15-14-11-6-4-5-7-12(11)19-10-13(14)20(16,17)9-8-18-2/h4-7,13-15H,3,8-10H2,1-2H3. The van der Waals surface area contributed by atoms with Gasteiger partial charge in [0.25, 0.3) is 0 Å². The van der Waals surface area contributed by atoms with Crippen molar-refractivity contribution in [3.8, 4) is 5.75 Å². The van der Waals surface area contributed by atoms with Gasteiger partial charge in [-0.05, 0) is 12.6 Å². The molecule has 0 amide bonds. The van der Waals surface area contributed by atoms with Crippen LogP contribution in [0.25, 0.3) is 0 Å². The Bertz CT molecular complexity index is 544. The molecule has 2 unspecified atom stereocenters. The van der Waals surface area contributed by atoms with Crippen molar-refractivity contribution in [2.24, 2.45) is 0 Å². The highest BCUT2D eigenvalue weighted by Gasteiger charge is 2.38. The number of methoxy groups -OCH3 is 1. The fraction of sp³-hybridized carbons (Fsp3) is 0.571. The molecule has 1 aromatic carbocycles. The maximum absolute atomic E-state index is 12.4. The van der Waals surface area contributed by atoms with E-state index in [4.69, 9.17) is 9.47 Å². The number of hydrogen-bond donors (Lipinski definition) is 1. The van der Waals surface area contributed by atoms with E-state index >= 15 is 0 Å². The van der Waals surface area contributed by atoms with Crippen LogP contribution in [-0.2, 0) is 14.6 Å². The molecule has 5 nitrogen and oxygen atoms in total. The van der Waals surface area contributed by atoms with Gasteiger partial charge in [0, 0.05) is 12.7 Å². The first-order valence-electron chi connectivity index (χ1n) is 6.75. The highest BCUT2D eigenvalue weighted by atomic mass is 32.2. The Balaban J connectivity index is 2.30. The smallest absolute Gasteiger partial charge is 0.160 e. The molecule has 1 N–H and O–H groups in total. The number of rotatable bonds is 6. The maximum atomic E-state index is 12.4. The maximum Gasteiger partial charge on any atom is 0.160 e. The summed E-state index contributed by atoms with van der Waals surface area (Å²) in [6.45, 7) is 3.06. The zero-order valence-electron chi connectivity index (χ0n) is 11.8. The molecular formula is C14H21NO4S. The molecule has 2 rings (SSSR count). The molecule has 0 aliphatic carbocycles. The minimum absolute atomic E-state index is 0.0155. The van der Waals surface area contributed by atoms with E-state index in [0.29, 0.717) is 6.54 Å². The molecule has 0 aromatic heterocycles. The van der Waals surface area contributed by atoms with Crippen molar-refractivity contribution in [2.45, 2.75) is 18.2 Å². The van der Waals surface area contributed by atoms with Crippen LogP contribution in [0.15, 0.2) is 24.3 Å². The molecule has 6 heteroatoms. The lowest BCUT2D eigenvalue weighted by atomic mass is 10.0. The topological polar surface area (TPSA) is 64.6 Å². The Morgan fingerprint density at radius 3 is 2.85 bits per heavy atom. The van der Waals surface area contributed by atoms with Crippen molar-refractivity contribution in [3.05, 3.63) is 29.8 Å². The predicted molar refractivity (Wildman–Crippen MR) is 77.8 cm³/mol. The molecule has 0 fully saturated rings. The molecule has 0 saturated heterocycles. The summed E-state index contributed by atoms with van der Waals surface area (Å²) in [6.07, 6.45) is 0. The SMILES string of the molecule is CCNC1c2ccccc2OCC1S(=O)(=O)CCOC. The van der Waals surface area contributed by atoms with Gasteiger partial charge in [0.05, 0.1) is 18.4 Å². The summed E-state index contributed by atoms with van der Waals surface area (Å²) in [5.74, 6) is 0.776. The van der Waals surface area contributed by atoms with Gasteiger partial charge in [-0.25, -0.2) is 8.42 Å². The second kappa shape index (κ2) is 6.56. The van der Waals surface area contributed by atoms with Crippen LogP contribution in [0.5, 0.6) is 5.75 Å². The van der Waals surface area contributed by atoms with Crippen molar-refractivity contribution in [3.63, 3.8) is 0 Å². The zero-order chi connectivity index (χ0) is 14.6. The highest BCUT2D eigenvalue weighted by molar-refractivity contribution is 7.92. The van der Waals surface area contributed by atoms with Crippen LogP contribution in [0, 0.1) is 0 Å². The van der Waals surface area contributed by atoms with Crippen molar-refractivity contribution < 1.29 is 17.9 Å². The van der Waals surface area contributed by atoms with E-state index in [-0.39, 0.29) is 25.0 Å². The minimum atomic E-state index is -3.27. The lowest BCUT2D eigenvalue weighted by Gasteiger charge is -2.33. The average molecular weight is 299 g/mol. The van der Waals surface area contributed by atoms with E-state index in [1.807, 2.05) is 31.2 Å². The summed E-state index contributed by atoms with van der Waals surface area (Å²) in [6, 6.07) is 7.35. The van der Waals surface area contributed by atoms with Gasteiger partial charge in [0.1, 0.15) is 17.6 Å². The third kappa shape index (κ3) is 3.13. The largest absolute Gasteiger partial charge is 0.492 e. The van der Waals surface area contributed by atoms with Crippen LogP contribution in [-0.4, -0.2) is 46.3 Å². The van der Waals surface area contributed by atoms with Crippen LogP contribution in [0.1, 0.15) is 18.5 Å². The van der Waals surface area contributed by atoms with Gasteiger partial charge in [0.15, 0.2) is 9.84 Å². The predicted octanol–water partition coefficient (Wildman–Crippen LogP) is 1.16. The van der Waals surface area contributed by atoms with Gasteiger partial charge in [-0.1, -0.05) is 25.1 Å². The number of nitrogens with one attached hydrogen (secondary N) is 1.